The minimum atomic E-state index is -0.606. The van der Waals surface area contributed by atoms with E-state index in [2.05, 4.69) is 0 Å². The highest BCUT2D eigenvalue weighted by atomic mass is 35.5. The van der Waals surface area contributed by atoms with Gasteiger partial charge in [-0.15, -0.1) is 0 Å². The molecule has 3 nitrogen and oxygen atoms in total. The van der Waals surface area contributed by atoms with Crippen LogP contribution >= 0.6 is 23.2 Å². The lowest BCUT2D eigenvalue weighted by atomic mass is 10.3. The van der Waals surface area contributed by atoms with E-state index >= 15 is 0 Å². The van der Waals surface area contributed by atoms with Crippen molar-refractivity contribution >= 4 is 28.9 Å². The molecule has 0 amide bonds. The van der Waals surface area contributed by atoms with Crippen LogP contribution in [0.1, 0.15) is 0 Å². The highest BCUT2D eigenvalue weighted by molar-refractivity contribution is 6.39. The van der Waals surface area contributed by atoms with Gasteiger partial charge in [0, 0.05) is 0 Å². The molecule has 0 aliphatic heterocycles. The Morgan fingerprint density at radius 3 is 1.82 bits per heavy atom. The first-order chi connectivity index (χ1) is 5.13. The van der Waals surface area contributed by atoms with E-state index in [1.807, 2.05) is 0 Å². The Morgan fingerprint density at radius 1 is 1.09 bits per heavy atom. The molecule has 1 aromatic rings. The number of para-hydroxylation sites is 1. The van der Waals surface area contributed by atoms with Gasteiger partial charge in [0.2, 0.25) is 0 Å². The van der Waals surface area contributed by atoms with E-state index in [0.717, 1.165) is 0 Å². The fourth-order valence-corrected chi connectivity index (χ4v) is 1.20. The third-order valence-corrected chi connectivity index (χ3v) is 1.73. The molecule has 0 atom stereocenters. The van der Waals surface area contributed by atoms with Crippen LogP contribution in [0, 0.1) is 10.4 Å². The van der Waals surface area contributed by atoms with Crippen LogP contribution in [0.2, 0.25) is 10.0 Å². The van der Waals surface area contributed by atoms with E-state index < -0.39 is 5.23 Å². The molecule has 0 heterocycles. The summed E-state index contributed by atoms with van der Waals surface area (Å²) in [4.78, 5) is 0. The summed E-state index contributed by atoms with van der Waals surface area (Å²) in [5.41, 5.74) is -0.240. The highest BCUT2D eigenvalue weighted by Gasteiger charge is 2.00. The van der Waals surface area contributed by atoms with Crippen LogP contribution in [0.15, 0.2) is 18.2 Å². The van der Waals surface area contributed by atoms with Crippen molar-refractivity contribution in [2.24, 2.45) is 0 Å². The van der Waals surface area contributed by atoms with Crippen LogP contribution in [0.5, 0.6) is 0 Å². The lowest BCUT2D eigenvalue weighted by Gasteiger charge is -2.38. The van der Waals surface area contributed by atoms with Crippen molar-refractivity contribution in [1.82, 2.24) is 0 Å². The molecule has 0 bridgehead atoms. The van der Waals surface area contributed by atoms with E-state index in [1.54, 1.807) is 6.07 Å². The van der Waals surface area contributed by atoms with Gasteiger partial charge in [-0.1, -0.05) is 29.3 Å². The van der Waals surface area contributed by atoms with E-state index in [9.17, 15) is 10.4 Å². The first kappa shape index (κ1) is 8.62. The van der Waals surface area contributed by atoms with E-state index in [4.69, 9.17) is 23.2 Å². The lowest BCUT2D eigenvalue weighted by molar-refractivity contribution is 1.32. The Balaban J connectivity index is 3.21. The van der Waals surface area contributed by atoms with Crippen molar-refractivity contribution in [2.45, 2.75) is 0 Å². The maximum absolute atomic E-state index is 10.3. The molecule has 5 heteroatoms. The third kappa shape index (κ3) is 1.75. The predicted molar refractivity (Wildman–Crippen MR) is 45.7 cm³/mol. The van der Waals surface area contributed by atoms with Gasteiger partial charge in [-0.25, -0.2) is 0 Å². The third-order valence-electron chi connectivity index (χ3n) is 1.12. The number of halogens is 2. The molecule has 0 fully saturated rings. The Hall–Kier alpha value is -0.480. The van der Waals surface area contributed by atoms with E-state index in [-0.39, 0.29) is 15.7 Å². The van der Waals surface area contributed by atoms with Crippen molar-refractivity contribution in [3.8, 4) is 0 Å². The van der Waals surface area contributed by atoms with Crippen LogP contribution in [0.3, 0.4) is 0 Å². The molecule has 0 spiro atoms. The molecule has 0 radical (unpaired) electrons. The average molecular weight is 192 g/mol. The Kier molecular flexibility index (Phi) is 2.57. The average Bonchev–Trinajstić information content (AvgIpc) is 1.85. The number of rotatable bonds is 1. The predicted octanol–water partition coefficient (Wildman–Crippen LogP) is 2.80. The largest absolute Gasteiger partial charge is 0.769 e. The minimum Gasteiger partial charge on any atom is -0.769 e. The van der Waals surface area contributed by atoms with Gasteiger partial charge in [0.1, 0.15) is 0 Å². The molecule has 0 N–H and O–H groups in total. The summed E-state index contributed by atoms with van der Waals surface area (Å²) in [6.45, 7) is 0. The zero-order valence-electron chi connectivity index (χ0n) is 5.25. The minimum absolute atomic E-state index is 0.0579. The topological polar surface area (TPSA) is 49.4 Å². The Labute approximate surface area is 73.3 Å². The van der Waals surface area contributed by atoms with Gasteiger partial charge in [-0.2, -0.15) is 0 Å². The molecule has 0 unspecified atom stereocenters. The van der Waals surface area contributed by atoms with Gasteiger partial charge >= 0.3 is 0 Å². The summed E-state index contributed by atoms with van der Waals surface area (Å²) in [6, 6.07) is 4.40. The van der Waals surface area contributed by atoms with Crippen molar-refractivity contribution in [1.29, 1.82) is 0 Å². The summed E-state index contributed by atoms with van der Waals surface area (Å²) < 4.78 is 0. The van der Waals surface area contributed by atoms with Crippen molar-refractivity contribution in [3.63, 3.8) is 0 Å². The molecule has 1 aromatic carbocycles. The molecule has 1 rings (SSSR count). The number of hydrogen-bond acceptors (Lipinski definition) is 3. The molecule has 0 saturated carbocycles. The van der Waals surface area contributed by atoms with E-state index in [1.165, 1.54) is 12.1 Å². The SMILES string of the molecule is [O-]N([O-])c1c(Cl)cccc1Cl. The second kappa shape index (κ2) is 3.28. The summed E-state index contributed by atoms with van der Waals surface area (Å²) in [7, 11) is 0. The summed E-state index contributed by atoms with van der Waals surface area (Å²) in [5.74, 6) is 0. The lowest BCUT2D eigenvalue weighted by Crippen LogP contribution is -2.03. The molecule has 0 aromatic heterocycles. The first-order valence-corrected chi connectivity index (χ1v) is 3.47. The molecule has 0 aliphatic carbocycles. The van der Waals surface area contributed by atoms with Crippen molar-refractivity contribution in [3.05, 3.63) is 38.7 Å². The second-order valence-corrected chi connectivity index (χ2v) is 2.64. The highest BCUT2D eigenvalue weighted by Crippen LogP contribution is 2.32. The van der Waals surface area contributed by atoms with Gasteiger partial charge in [-0.3, -0.25) is 0 Å². The van der Waals surface area contributed by atoms with Crippen LogP contribution in [0.4, 0.5) is 5.69 Å². The number of anilines is 1. The normalized spacial score (nSPS) is 9.82. The van der Waals surface area contributed by atoms with Crippen LogP contribution in [-0.2, 0) is 0 Å². The van der Waals surface area contributed by atoms with Gasteiger partial charge in [0.05, 0.1) is 15.7 Å². The van der Waals surface area contributed by atoms with Crippen molar-refractivity contribution in [2.75, 3.05) is 5.23 Å². The molecule has 0 aliphatic rings. The van der Waals surface area contributed by atoms with Crippen molar-refractivity contribution < 1.29 is 0 Å². The monoisotopic (exact) mass is 191 g/mol. The summed E-state index contributed by atoms with van der Waals surface area (Å²) in [6.07, 6.45) is 0. The number of nitrogens with zero attached hydrogens (tertiary/aromatic N) is 1. The quantitative estimate of drug-likeness (QED) is 0.642. The fraction of sp³-hybridized carbons (Fsp3) is 0. The van der Waals surface area contributed by atoms with Crippen LogP contribution in [0.25, 0.3) is 0 Å². The molecule has 0 saturated heterocycles. The van der Waals surface area contributed by atoms with E-state index in [0.29, 0.717) is 0 Å². The second-order valence-electron chi connectivity index (χ2n) is 1.83. The summed E-state index contributed by atoms with van der Waals surface area (Å²) in [5, 5.41) is 20.1. The van der Waals surface area contributed by atoms with Gasteiger partial charge < -0.3 is 15.6 Å². The van der Waals surface area contributed by atoms with Gasteiger partial charge in [-0.05, 0) is 12.1 Å². The molecular weight excluding hydrogens is 189 g/mol. The van der Waals surface area contributed by atoms with Gasteiger partial charge in [0.15, 0.2) is 0 Å². The molecular formula is C6H3Cl2NO2-2. The smallest absolute Gasteiger partial charge is 0.0639 e. The Morgan fingerprint density at radius 2 is 1.55 bits per heavy atom. The standard InChI is InChI=1S/C6H3Cl2NO2/c7-4-2-1-3-5(8)6(4)9(10)11/h1-3H/q-2. The zero-order valence-corrected chi connectivity index (χ0v) is 6.76. The fourth-order valence-electron chi connectivity index (χ4n) is 0.663. The molecule has 60 valence electrons. The zero-order chi connectivity index (χ0) is 8.43. The van der Waals surface area contributed by atoms with Gasteiger partial charge in [0.25, 0.3) is 0 Å². The maximum Gasteiger partial charge on any atom is 0.0639 e. The maximum atomic E-state index is 10.3. The van der Waals surface area contributed by atoms with Crippen LogP contribution in [-0.4, -0.2) is 0 Å². The Bertz CT molecular complexity index is 245. The van der Waals surface area contributed by atoms with Crippen LogP contribution < -0.4 is 5.23 Å². The number of hydrogen-bond donors (Lipinski definition) is 0. The first-order valence-electron chi connectivity index (χ1n) is 2.71. The summed E-state index contributed by atoms with van der Waals surface area (Å²) >= 11 is 11.0. The number of benzene rings is 1. The molecule has 11 heavy (non-hydrogen) atoms.